The Morgan fingerprint density at radius 3 is 1.62 bits per heavy atom. The van der Waals surface area contributed by atoms with Crippen molar-refractivity contribution in [3.05, 3.63) is 131 Å². The van der Waals surface area contributed by atoms with Gasteiger partial charge in [0.15, 0.2) is 0 Å². The second-order valence-electron chi connectivity index (χ2n) is 13.9. The van der Waals surface area contributed by atoms with Crippen molar-refractivity contribution >= 4 is 48.1 Å². The molecule has 0 saturated carbocycles. The SMILES string of the molecule is CCC(C)c1cc2c(-c3ccc(C(C)C)cc3)cccc2[cH-]1.C[Si]C.Cc1cc2c(-c3ccc(C(C)(C)C)cc3)cccc2[cH-]1.[Cl][Zr+2][Cl]. The standard InChI is InChI=1S/C22H25.C20H21.C2H6Si.2ClH.Zr/c1-5-16(4)20-13-19-7-6-8-21(22(19)14-20)18-11-9-17(10-12-18)15(2)3;1-14-12-16-6-5-7-18(19(16)13-14)15-8-10-17(11-9-15)20(2,3)4;1-3-2;;;/h6-16H,5H2,1-4H3;5-13H,1-4H3;1-2H3;2*1H;/q2*-1;;;;+4/p-2. The summed E-state index contributed by atoms with van der Waals surface area (Å²) >= 11 is -0.826. The second-order valence-corrected chi connectivity index (χ2v) is 18.7. The number of hydrogen-bond acceptors (Lipinski definition) is 0. The van der Waals surface area contributed by atoms with Gasteiger partial charge in [0.1, 0.15) is 0 Å². The molecule has 0 aliphatic heterocycles. The van der Waals surface area contributed by atoms with Gasteiger partial charge in [-0.25, -0.2) is 0 Å². The maximum atomic E-state index is 4.93. The monoisotopic (exact) mass is 768 g/mol. The summed E-state index contributed by atoms with van der Waals surface area (Å²) in [7, 11) is 11.0. The molecule has 0 spiro atoms. The number of fused-ring (bicyclic) bond motifs is 2. The maximum absolute atomic E-state index is 4.93. The van der Waals surface area contributed by atoms with Gasteiger partial charge < -0.3 is 0 Å². The molecule has 0 aliphatic rings. The van der Waals surface area contributed by atoms with Crippen molar-refractivity contribution in [3.8, 4) is 22.3 Å². The third kappa shape index (κ3) is 10.9. The van der Waals surface area contributed by atoms with Crippen LogP contribution >= 0.6 is 17.0 Å². The molecule has 0 nitrogen and oxygen atoms in total. The van der Waals surface area contributed by atoms with Crippen LogP contribution in [0.4, 0.5) is 0 Å². The Balaban J connectivity index is 0.000000225. The summed E-state index contributed by atoms with van der Waals surface area (Å²) in [4.78, 5) is 0. The second kappa shape index (κ2) is 19.2. The average Bonchev–Trinajstić information content (AvgIpc) is 3.68. The van der Waals surface area contributed by atoms with Crippen LogP contribution in [0.25, 0.3) is 43.8 Å². The van der Waals surface area contributed by atoms with Crippen LogP contribution in [-0.4, -0.2) is 9.52 Å². The van der Waals surface area contributed by atoms with Crippen LogP contribution in [0.5, 0.6) is 0 Å². The van der Waals surface area contributed by atoms with E-state index < -0.39 is 20.8 Å². The number of benzene rings is 4. The van der Waals surface area contributed by atoms with Gasteiger partial charge in [-0.2, -0.15) is 12.1 Å². The van der Waals surface area contributed by atoms with E-state index in [0.29, 0.717) is 11.8 Å². The molecule has 1 atom stereocenters. The predicted octanol–water partition coefficient (Wildman–Crippen LogP) is 14.9. The number of rotatable bonds is 5. The number of hydrogen-bond donors (Lipinski definition) is 0. The predicted molar refractivity (Wildman–Crippen MR) is 215 cm³/mol. The first kappa shape index (κ1) is 40.2. The van der Waals surface area contributed by atoms with E-state index >= 15 is 0 Å². The van der Waals surface area contributed by atoms with Gasteiger partial charge in [-0.15, -0.1) is 69.1 Å². The Bertz CT molecular complexity index is 1820. The fourth-order valence-corrected chi connectivity index (χ4v) is 5.86. The molecule has 2 radical (unpaired) electrons. The zero-order chi connectivity index (χ0) is 35.4. The molecule has 0 bridgehead atoms. The Kier molecular flexibility index (Phi) is 16.1. The van der Waals surface area contributed by atoms with Crippen molar-refractivity contribution in [2.45, 2.75) is 92.2 Å². The van der Waals surface area contributed by atoms with E-state index in [-0.39, 0.29) is 5.41 Å². The summed E-state index contributed by atoms with van der Waals surface area (Å²) in [5.41, 5.74) is 11.1. The molecule has 1 unspecified atom stereocenters. The van der Waals surface area contributed by atoms with Gasteiger partial charge in [-0.05, 0) is 39.5 Å². The number of halogens is 2. The molecule has 6 aromatic rings. The molecular weight excluding hydrogens is 719 g/mol. The van der Waals surface area contributed by atoms with Crippen molar-refractivity contribution in [3.63, 3.8) is 0 Å². The van der Waals surface area contributed by atoms with E-state index in [1.807, 2.05) is 0 Å². The van der Waals surface area contributed by atoms with Crippen molar-refractivity contribution in [1.82, 2.24) is 0 Å². The quantitative estimate of drug-likeness (QED) is 0.121. The summed E-state index contributed by atoms with van der Waals surface area (Å²) < 4.78 is 0. The van der Waals surface area contributed by atoms with Gasteiger partial charge in [0.05, 0.1) is 0 Å². The van der Waals surface area contributed by atoms with Gasteiger partial charge in [-0.1, -0.05) is 147 Å². The Morgan fingerprint density at radius 2 is 1.17 bits per heavy atom. The molecule has 4 heteroatoms. The van der Waals surface area contributed by atoms with Gasteiger partial charge in [0, 0.05) is 9.52 Å². The van der Waals surface area contributed by atoms with Crippen LogP contribution in [-0.2, 0) is 26.3 Å². The first-order chi connectivity index (χ1) is 22.9. The van der Waals surface area contributed by atoms with Gasteiger partial charge in [-0.3, -0.25) is 0 Å². The first-order valence-corrected chi connectivity index (χ1v) is 25.3. The zero-order valence-corrected chi connectivity index (χ0v) is 35.5. The molecule has 6 aromatic carbocycles. The van der Waals surface area contributed by atoms with Crippen LogP contribution in [0.2, 0.25) is 13.1 Å². The van der Waals surface area contributed by atoms with Crippen molar-refractivity contribution in [2.75, 3.05) is 0 Å². The van der Waals surface area contributed by atoms with E-state index in [2.05, 4.69) is 178 Å². The summed E-state index contributed by atoms with van der Waals surface area (Å²) in [5.74, 6) is 1.21. The third-order valence-electron chi connectivity index (χ3n) is 8.80. The molecule has 0 heterocycles. The van der Waals surface area contributed by atoms with Crippen LogP contribution in [0, 0.1) is 6.92 Å². The molecule has 0 aliphatic carbocycles. The fraction of sp³-hybridized carbons (Fsp3) is 0.318. The molecule has 0 aromatic heterocycles. The Hall–Kier alpha value is -2.22. The molecule has 48 heavy (non-hydrogen) atoms. The summed E-state index contributed by atoms with van der Waals surface area (Å²) in [6.07, 6.45) is 1.19. The van der Waals surface area contributed by atoms with Crippen molar-refractivity contribution in [1.29, 1.82) is 0 Å². The van der Waals surface area contributed by atoms with Gasteiger partial charge in [0.2, 0.25) is 0 Å². The van der Waals surface area contributed by atoms with E-state index in [9.17, 15) is 0 Å². The minimum absolute atomic E-state index is 0.210. The van der Waals surface area contributed by atoms with Crippen molar-refractivity contribution in [2.24, 2.45) is 0 Å². The summed E-state index contributed by atoms with van der Waals surface area (Å²) in [5, 5.41) is 5.43. The van der Waals surface area contributed by atoms with E-state index in [1.54, 1.807) is 0 Å². The van der Waals surface area contributed by atoms with Crippen LogP contribution in [0.3, 0.4) is 0 Å². The Morgan fingerprint density at radius 1 is 0.708 bits per heavy atom. The molecule has 0 N–H and O–H groups in total. The third-order valence-corrected chi connectivity index (χ3v) is 8.80. The molecule has 6 rings (SSSR count). The summed E-state index contributed by atoms with van der Waals surface area (Å²) in [6, 6.07) is 40.5. The summed E-state index contributed by atoms with van der Waals surface area (Å²) in [6.45, 7) is 22.3. The minimum atomic E-state index is -0.826. The fourth-order valence-electron chi connectivity index (χ4n) is 5.86. The average molecular weight is 771 g/mol. The molecular formula is C44H52Cl2SiZr. The number of aryl methyl sites for hydroxylation is 1. The zero-order valence-electron chi connectivity index (χ0n) is 30.5. The first-order valence-electron chi connectivity index (χ1n) is 17.0. The van der Waals surface area contributed by atoms with Crippen LogP contribution in [0.1, 0.15) is 89.0 Å². The normalized spacial score (nSPS) is 11.5. The molecule has 0 fully saturated rings. The van der Waals surface area contributed by atoms with Gasteiger partial charge in [0.25, 0.3) is 0 Å². The van der Waals surface area contributed by atoms with Gasteiger partial charge >= 0.3 is 37.9 Å². The van der Waals surface area contributed by atoms with Crippen molar-refractivity contribution < 1.29 is 20.8 Å². The van der Waals surface area contributed by atoms with E-state index in [0.717, 1.165) is 9.52 Å². The topological polar surface area (TPSA) is 0 Å². The van der Waals surface area contributed by atoms with E-state index in [4.69, 9.17) is 17.0 Å². The van der Waals surface area contributed by atoms with E-state index in [1.165, 1.54) is 72.5 Å². The molecule has 0 amide bonds. The molecule has 250 valence electrons. The van der Waals surface area contributed by atoms with Crippen LogP contribution in [0.15, 0.2) is 109 Å². The Labute approximate surface area is 312 Å². The van der Waals surface area contributed by atoms with Crippen LogP contribution < -0.4 is 0 Å². The molecule has 0 saturated heterocycles.